The summed E-state index contributed by atoms with van der Waals surface area (Å²) in [6.45, 7) is 0.569. The minimum absolute atomic E-state index is 0.283. The Morgan fingerprint density at radius 3 is 3.19 bits per heavy atom. The fourth-order valence-electron chi connectivity index (χ4n) is 1.18. The van der Waals surface area contributed by atoms with Crippen molar-refractivity contribution in [1.82, 2.24) is 15.1 Å². The smallest absolute Gasteiger partial charge is 0.243 e. The first kappa shape index (κ1) is 11.2. The van der Waals surface area contributed by atoms with E-state index in [4.69, 9.17) is 15.0 Å². The number of nitrogens with zero attached hydrogens (tertiary/aromatic N) is 3. The lowest BCUT2D eigenvalue weighted by molar-refractivity contribution is 0.182. The van der Waals surface area contributed by atoms with Crippen LogP contribution in [0.2, 0.25) is 0 Å². The van der Waals surface area contributed by atoms with Crippen LogP contribution >= 0.6 is 11.3 Å². The lowest BCUT2D eigenvalue weighted by Gasteiger charge is -2.03. The average Bonchev–Trinajstić information content (AvgIpc) is 2.94. The van der Waals surface area contributed by atoms with Crippen molar-refractivity contribution in [2.75, 3.05) is 13.7 Å². The van der Waals surface area contributed by atoms with Gasteiger partial charge in [-0.05, 0) is 6.42 Å². The Labute approximate surface area is 96.4 Å². The van der Waals surface area contributed by atoms with Gasteiger partial charge < -0.3 is 15.0 Å². The predicted molar refractivity (Wildman–Crippen MR) is 58.8 cm³/mol. The second-order valence-corrected chi connectivity index (χ2v) is 4.10. The third kappa shape index (κ3) is 2.43. The van der Waals surface area contributed by atoms with Crippen molar-refractivity contribution in [1.29, 1.82) is 0 Å². The molecule has 7 heteroatoms. The zero-order valence-electron chi connectivity index (χ0n) is 8.79. The van der Waals surface area contributed by atoms with Crippen LogP contribution in [0, 0.1) is 0 Å². The molecule has 0 spiro atoms. The van der Waals surface area contributed by atoms with Crippen LogP contribution in [0.4, 0.5) is 0 Å². The summed E-state index contributed by atoms with van der Waals surface area (Å²) in [5.41, 5.74) is 7.58. The molecule has 2 aromatic rings. The Morgan fingerprint density at radius 2 is 2.50 bits per heavy atom. The summed E-state index contributed by atoms with van der Waals surface area (Å²) in [5.74, 6) is 0.964. The first-order valence-corrected chi connectivity index (χ1v) is 5.66. The van der Waals surface area contributed by atoms with Crippen molar-refractivity contribution >= 4 is 11.3 Å². The number of hydrogen-bond donors (Lipinski definition) is 1. The van der Waals surface area contributed by atoms with E-state index in [1.54, 1.807) is 18.8 Å². The van der Waals surface area contributed by atoms with Crippen LogP contribution in [-0.4, -0.2) is 28.8 Å². The molecule has 1 atom stereocenters. The van der Waals surface area contributed by atoms with E-state index in [-0.39, 0.29) is 6.04 Å². The maximum absolute atomic E-state index is 5.86. The molecule has 1 unspecified atom stereocenters. The summed E-state index contributed by atoms with van der Waals surface area (Å²) in [4.78, 5) is 9.03. The van der Waals surface area contributed by atoms with Crippen LogP contribution in [0.25, 0.3) is 10.7 Å². The molecule has 2 rings (SSSR count). The van der Waals surface area contributed by atoms with E-state index < -0.39 is 0 Å². The van der Waals surface area contributed by atoms with Gasteiger partial charge in [0.05, 0.1) is 16.4 Å². The van der Waals surface area contributed by atoms with E-state index in [1.807, 2.05) is 0 Å². The van der Waals surface area contributed by atoms with Gasteiger partial charge in [0.1, 0.15) is 0 Å². The predicted octanol–water partition coefficient (Wildman–Crippen LogP) is 1.23. The molecule has 2 aromatic heterocycles. The number of nitrogens with two attached hydrogens (primary N) is 1. The van der Waals surface area contributed by atoms with E-state index in [2.05, 4.69) is 15.1 Å². The number of ether oxygens (including phenoxy) is 1. The lowest BCUT2D eigenvalue weighted by atomic mass is 10.2. The molecule has 0 fully saturated rings. The fraction of sp³-hybridized carbons (Fsp3) is 0.444. The van der Waals surface area contributed by atoms with Crippen LogP contribution < -0.4 is 5.73 Å². The summed E-state index contributed by atoms with van der Waals surface area (Å²) in [6.07, 6.45) is 2.35. The Hall–Kier alpha value is -1.31. The molecule has 0 aliphatic rings. The topological polar surface area (TPSA) is 87.1 Å². The molecule has 86 valence electrons. The van der Waals surface area contributed by atoms with E-state index in [9.17, 15) is 0 Å². The summed E-state index contributed by atoms with van der Waals surface area (Å²) < 4.78 is 10.0. The third-order valence-corrected chi connectivity index (χ3v) is 2.81. The molecule has 0 aliphatic heterocycles. The van der Waals surface area contributed by atoms with Gasteiger partial charge in [-0.25, -0.2) is 0 Å². The highest BCUT2D eigenvalue weighted by Gasteiger charge is 2.15. The molecule has 0 aliphatic carbocycles. The van der Waals surface area contributed by atoms with Gasteiger partial charge in [0.15, 0.2) is 0 Å². The monoisotopic (exact) mass is 240 g/mol. The highest BCUT2D eigenvalue weighted by atomic mass is 32.1. The van der Waals surface area contributed by atoms with Crippen LogP contribution in [0.1, 0.15) is 18.4 Å². The Kier molecular flexibility index (Phi) is 3.60. The van der Waals surface area contributed by atoms with E-state index >= 15 is 0 Å². The summed E-state index contributed by atoms with van der Waals surface area (Å²) >= 11 is 1.46. The molecule has 16 heavy (non-hydrogen) atoms. The molecule has 0 aromatic carbocycles. The minimum atomic E-state index is -0.283. The first-order chi connectivity index (χ1) is 7.81. The van der Waals surface area contributed by atoms with E-state index in [0.717, 1.165) is 4.88 Å². The standard InChI is InChI=1S/C9H12N4O2S/c1-14-3-2-6(10)9-12-8(13-15-9)7-4-11-5-16-7/h4-6H,2-3,10H2,1H3. The van der Waals surface area contributed by atoms with Crippen molar-refractivity contribution in [3.8, 4) is 10.7 Å². The quantitative estimate of drug-likeness (QED) is 0.845. The van der Waals surface area contributed by atoms with E-state index in [1.165, 1.54) is 11.3 Å². The van der Waals surface area contributed by atoms with Gasteiger partial charge in [-0.3, -0.25) is 4.98 Å². The van der Waals surface area contributed by atoms with Crippen molar-refractivity contribution in [2.24, 2.45) is 5.73 Å². The molecular weight excluding hydrogens is 228 g/mol. The molecule has 0 saturated carbocycles. The normalized spacial score (nSPS) is 12.9. The van der Waals surface area contributed by atoms with Crippen molar-refractivity contribution in [2.45, 2.75) is 12.5 Å². The number of thiazole rings is 1. The van der Waals surface area contributed by atoms with Crippen molar-refractivity contribution in [3.63, 3.8) is 0 Å². The van der Waals surface area contributed by atoms with Gasteiger partial charge >= 0.3 is 0 Å². The Bertz CT molecular complexity index is 428. The van der Waals surface area contributed by atoms with Crippen molar-refractivity contribution < 1.29 is 9.26 Å². The molecular formula is C9H12N4O2S. The fourth-order valence-corrected chi connectivity index (χ4v) is 1.73. The Morgan fingerprint density at radius 1 is 1.62 bits per heavy atom. The summed E-state index contributed by atoms with van der Waals surface area (Å²) in [5, 5.41) is 3.85. The maximum Gasteiger partial charge on any atom is 0.243 e. The van der Waals surface area contributed by atoms with Crippen LogP contribution in [0.15, 0.2) is 16.2 Å². The molecule has 0 bridgehead atoms. The van der Waals surface area contributed by atoms with Gasteiger partial charge in [0, 0.05) is 19.9 Å². The molecule has 0 amide bonds. The summed E-state index contributed by atoms with van der Waals surface area (Å²) in [7, 11) is 1.63. The van der Waals surface area contributed by atoms with Crippen LogP contribution in [0.3, 0.4) is 0 Å². The zero-order chi connectivity index (χ0) is 11.4. The summed E-state index contributed by atoms with van der Waals surface area (Å²) in [6, 6.07) is -0.283. The second-order valence-electron chi connectivity index (χ2n) is 3.21. The van der Waals surface area contributed by atoms with Crippen molar-refractivity contribution in [3.05, 3.63) is 17.6 Å². The number of rotatable bonds is 5. The zero-order valence-corrected chi connectivity index (χ0v) is 9.61. The van der Waals surface area contributed by atoms with Crippen LogP contribution in [-0.2, 0) is 4.74 Å². The molecule has 0 saturated heterocycles. The largest absolute Gasteiger partial charge is 0.385 e. The van der Waals surface area contributed by atoms with Crippen LogP contribution in [0.5, 0.6) is 0 Å². The molecule has 0 radical (unpaired) electrons. The van der Waals surface area contributed by atoms with Gasteiger partial charge in [0.2, 0.25) is 11.7 Å². The van der Waals surface area contributed by atoms with Gasteiger partial charge in [-0.15, -0.1) is 11.3 Å². The number of methoxy groups -OCH3 is 1. The molecule has 6 nitrogen and oxygen atoms in total. The lowest BCUT2D eigenvalue weighted by Crippen LogP contribution is -2.12. The average molecular weight is 240 g/mol. The number of hydrogen-bond acceptors (Lipinski definition) is 7. The third-order valence-electron chi connectivity index (χ3n) is 2.04. The number of aromatic nitrogens is 3. The first-order valence-electron chi connectivity index (χ1n) is 4.78. The van der Waals surface area contributed by atoms with E-state index in [0.29, 0.717) is 24.7 Å². The molecule has 2 N–H and O–H groups in total. The Balaban J connectivity index is 2.07. The minimum Gasteiger partial charge on any atom is -0.385 e. The molecule has 2 heterocycles. The SMILES string of the molecule is COCCC(N)c1nc(-c2cncs2)no1. The van der Waals surface area contributed by atoms with Gasteiger partial charge in [-0.1, -0.05) is 5.16 Å². The van der Waals surface area contributed by atoms with Gasteiger partial charge in [0.25, 0.3) is 0 Å². The highest BCUT2D eigenvalue weighted by Crippen LogP contribution is 2.21. The maximum atomic E-state index is 5.86. The highest BCUT2D eigenvalue weighted by molar-refractivity contribution is 7.13. The second kappa shape index (κ2) is 5.15. The van der Waals surface area contributed by atoms with Gasteiger partial charge in [-0.2, -0.15) is 4.98 Å².